The van der Waals surface area contributed by atoms with Gasteiger partial charge in [-0.3, -0.25) is 0 Å². The fraction of sp³-hybridized carbons (Fsp3) is 0.250. The van der Waals surface area contributed by atoms with Gasteiger partial charge in [0.1, 0.15) is 11.5 Å². The van der Waals surface area contributed by atoms with E-state index in [-0.39, 0.29) is 0 Å². The molecule has 0 aliphatic heterocycles. The van der Waals surface area contributed by atoms with Crippen LogP contribution in [0.4, 0.5) is 0 Å². The molecule has 2 aromatic carbocycles. The van der Waals surface area contributed by atoms with E-state index >= 15 is 0 Å². The van der Waals surface area contributed by atoms with Crippen molar-refractivity contribution in [2.45, 2.75) is 6.54 Å². The van der Waals surface area contributed by atoms with Crippen LogP contribution < -0.4 is 15.2 Å². The average Bonchev–Trinajstić information content (AvgIpc) is 2.80. The summed E-state index contributed by atoms with van der Waals surface area (Å²) in [5.74, 6) is 1.71. The first-order valence-electron chi connectivity index (χ1n) is 6.62. The topological polar surface area (TPSA) is 49.4 Å². The number of hydrogen-bond donors (Lipinski definition) is 1. The molecule has 0 aliphatic carbocycles. The van der Waals surface area contributed by atoms with Crippen molar-refractivity contribution in [3.8, 4) is 11.5 Å². The number of methoxy groups -OCH3 is 2. The Hall–Kier alpha value is -2.20. The van der Waals surface area contributed by atoms with Crippen molar-refractivity contribution in [2.75, 3.05) is 20.8 Å². The summed E-state index contributed by atoms with van der Waals surface area (Å²) >= 11 is 0. The Balaban J connectivity index is 2.39. The second-order valence-corrected chi connectivity index (χ2v) is 4.71. The Labute approximate surface area is 117 Å². The second kappa shape index (κ2) is 5.06. The standard InChI is InChI=1S/C16H18N2O2/c1-19-11-3-5-15-13(9-11)14-10-12(20-2)4-6-16(14)18(15)8-7-17/h3-6,9-10H,7-8,17H2,1-2H3. The number of rotatable bonds is 4. The van der Waals surface area contributed by atoms with Gasteiger partial charge < -0.3 is 19.8 Å². The minimum Gasteiger partial charge on any atom is -0.497 e. The summed E-state index contributed by atoms with van der Waals surface area (Å²) < 4.78 is 12.9. The molecule has 1 heterocycles. The van der Waals surface area contributed by atoms with E-state index in [0.29, 0.717) is 6.54 Å². The van der Waals surface area contributed by atoms with Crippen LogP contribution in [0.2, 0.25) is 0 Å². The molecule has 3 rings (SSSR count). The highest BCUT2D eigenvalue weighted by Crippen LogP contribution is 2.33. The molecule has 0 aliphatic rings. The smallest absolute Gasteiger partial charge is 0.119 e. The fourth-order valence-corrected chi connectivity index (χ4v) is 2.69. The number of aromatic nitrogens is 1. The van der Waals surface area contributed by atoms with Crippen LogP contribution in [-0.2, 0) is 6.54 Å². The highest BCUT2D eigenvalue weighted by molar-refractivity contribution is 6.09. The highest BCUT2D eigenvalue weighted by Gasteiger charge is 2.11. The lowest BCUT2D eigenvalue weighted by atomic mass is 10.1. The predicted octanol–water partition coefficient (Wildman–Crippen LogP) is 2.77. The SMILES string of the molecule is COc1ccc2c(c1)c1cc(OC)ccc1n2CCN. The molecule has 0 saturated heterocycles. The zero-order chi connectivity index (χ0) is 14.1. The summed E-state index contributed by atoms with van der Waals surface area (Å²) in [6.07, 6.45) is 0. The van der Waals surface area contributed by atoms with Crippen LogP contribution in [0.5, 0.6) is 11.5 Å². The first kappa shape index (κ1) is 12.8. The van der Waals surface area contributed by atoms with E-state index < -0.39 is 0 Å². The van der Waals surface area contributed by atoms with Crippen molar-refractivity contribution in [3.63, 3.8) is 0 Å². The molecule has 1 aromatic heterocycles. The molecule has 3 aromatic rings. The van der Waals surface area contributed by atoms with Crippen molar-refractivity contribution >= 4 is 21.8 Å². The molecule has 104 valence electrons. The van der Waals surface area contributed by atoms with E-state index in [1.807, 2.05) is 12.1 Å². The van der Waals surface area contributed by atoms with Gasteiger partial charge in [-0.2, -0.15) is 0 Å². The molecule has 0 atom stereocenters. The quantitative estimate of drug-likeness (QED) is 0.793. The van der Waals surface area contributed by atoms with Crippen molar-refractivity contribution < 1.29 is 9.47 Å². The number of nitrogens with zero attached hydrogens (tertiary/aromatic N) is 1. The minimum atomic E-state index is 0.608. The van der Waals surface area contributed by atoms with Gasteiger partial charge in [0.25, 0.3) is 0 Å². The summed E-state index contributed by atoms with van der Waals surface area (Å²) in [6, 6.07) is 12.2. The summed E-state index contributed by atoms with van der Waals surface area (Å²) in [6.45, 7) is 1.40. The van der Waals surface area contributed by atoms with Crippen LogP contribution in [0.3, 0.4) is 0 Å². The zero-order valence-electron chi connectivity index (χ0n) is 11.7. The fourth-order valence-electron chi connectivity index (χ4n) is 2.69. The van der Waals surface area contributed by atoms with E-state index in [9.17, 15) is 0 Å². The zero-order valence-corrected chi connectivity index (χ0v) is 11.7. The van der Waals surface area contributed by atoms with Gasteiger partial charge in [-0.25, -0.2) is 0 Å². The molecule has 0 radical (unpaired) electrons. The van der Waals surface area contributed by atoms with Gasteiger partial charge in [0.2, 0.25) is 0 Å². The molecule has 0 saturated carbocycles. The Morgan fingerprint density at radius 2 is 1.40 bits per heavy atom. The average molecular weight is 270 g/mol. The molecule has 0 unspecified atom stereocenters. The summed E-state index contributed by atoms with van der Waals surface area (Å²) in [5, 5.41) is 2.32. The lowest BCUT2D eigenvalue weighted by Crippen LogP contribution is -2.09. The van der Waals surface area contributed by atoms with Gasteiger partial charge in [0.15, 0.2) is 0 Å². The number of benzene rings is 2. The van der Waals surface area contributed by atoms with Crippen LogP contribution in [0.15, 0.2) is 36.4 Å². The van der Waals surface area contributed by atoms with E-state index in [1.165, 1.54) is 11.0 Å². The number of fused-ring (bicyclic) bond motifs is 3. The van der Waals surface area contributed by atoms with Crippen LogP contribution in [-0.4, -0.2) is 25.3 Å². The van der Waals surface area contributed by atoms with Crippen LogP contribution >= 0.6 is 0 Å². The van der Waals surface area contributed by atoms with Crippen LogP contribution in [0.25, 0.3) is 21.8 Å². The van der Waals surface area contributed by atoms with Gasteiger partial charge in [-0.15, -0.1) is 0 Å². The molecule has 0 amide bonds. The van der Waals surface area contributed by atoms with Crippen molar-refractivity contribution in [1.29, 1.82) is 0 Å². The third-order valence-electron chi connectivity index (χ3n) is 3.63. The Kier molecular flexibility index (Phi) is 3.24. The molecule has 20 heavy (non-hydrogen) atoms. The van der Waals surface area contributed by atoms with Gasteiger partial charge in [-0.05, 0) is 36.4 Å². The Morgan fingerprint density at radius 3 is 1.80 bits per heavy atom. The molecular formula is C16H18N2O2. The second-order valence-electron chi connectivity index (χ2n) is 4.71. The van der Waals surface area contributed by atoms with Gasteiger partial charge in [-0.1, -0.05) is 0 Å². The molecule has 0 spiro atoms. The maximum atomic E-state index is 5.74. The number of ether oxygens (including phenoxy) is 2. The van der Waals surface area contributed by atoms with Crippen LogP contribution in [0.1, 0.15) is 0 Å². The van der Waals surface area contributed by atoms with E-state index in [2.05, 4.69) is 28.8 Å². The monoisotopic (exact) mass is 270 g/mol. The Bertz CT molecular complexity index is 701. The third-order valence-corrected chi connectivity index (χ3v) is 3.63. The minimum absolute atomic E-state index is 0.608. The summed E-state index contributed by atoms with van der Waals surface area (Å²) in [5.41, 5.74) is 8.08. The summed E-state index contributed by atoms with van der Waals surface area (Å²) in [7, 11) is 3.36. The van der Waals surface area contributed by atoms with Crippen molar-refractivity contribution in [1.82, 2.24) is 4.57 Å². The summed E-state index contributed by atoms with van der Waals surface area (Å²) in [4.78, 5) is 0. The molecule has 4 heteroatoms. The third kappa shape index (κ3) is 1.89. The first-order valence-corrected chi connectivity index (χ1v) is 6.62. The predicted molar refractivity (Wildman–Crippen MR) is 81.6 cm³/mol. The molecule has 4 nitrogen and oxygen atoms in total. The molecular weight excluding hydrogens is 252 g/mol. The normalized spacial score (nSPS) is 11.2. The van der Waals surface area contributed by atoms with Gasteiger partial charge in [0.05, 0.1) is 14.2 Å². The first-order chi connectivity index (χ1) is 9.78. The lowest BCUT2D eigenvalue weighted by Gasteiger charge is -2.06. The largest absolute Gasteiger partial charge is 0.497 e. The molecule has 2 N–H and O–H groups in total. The van der Waals surface area contributed by atoms with E-state index in [4.69, 9.17) is 15.2 Å². The van der Waals surface area contributed by atoms with Crippen molar-refractivity contribution in [2.24, 2.45) is 5.73 Å². The lowest BCUT2D eigenvalue weighted by molar-refractivity contribution is 0.415. The number of nitrogens with two attached hydrogens (primary N) is 1. The maximum absolute atomic E-state index is 5.74. The van der Waals surface area contributed by atoms with E-state index in [0.717, 1.165) is 28.8 Å². The van der Waals surface area contributed by atoms with E-state index in [1.54, 1.807) is 14.2 Å². The Morgan fingerprint density at radius 1 is 0.900 bits per heavy atom. The number of hydrogen-bond acceptors (Lipinski definition) is 3. The molecule has 0 bridgehead atoms. The van der Waals surface area contributed by atoms with Crippen molar-refractivity contribution in [3.05, 3.63) is 36.4 Å². The van der Waals surface area contributed by atoms with Crippen LogP contribution in [0, 0.1) is 0 Å². The van der Waals surface area contributed by atoms with Gasteiger partial charge in [0, 0.05) is 34.9 Å². The maximum Gasteiger partial charge on any atom is 0.119 e. The highest BCUT2D eigenvalue weighted by atomic mass is 16.5. The molecule has 0 fully saturated rings. The van der Waals surface area contributed by atoms with Gasteiger partial charge >= 0.3 is 0 Å².